The van der Waals surface area contributed by atoms with Crippen molar-refractivity contribution >= 4 is 30.8 Å². The van der Waals surface area contributed by atoms with Gasteiger partial charge >= 0.3 is 0 Å². The molecule has 0 fully saturated rings. The van der Waals surface area contributed by atoms with Crippen molar-refractivity contribution in [1.29, 1.82) is 0 Å². The quantitative estimate of drug-likeness (QED) is 0.393. The van der Waals surface area contributed by atoms with Crippen LogP contribution >= 0.6 is 0 Å². The van der Waals surface area contributed by atoms with Crippen LogP contribution in [0.3, 0.4) is 0 Å². The van der Waals surface area contributed by atoms with Crippen LogP contribution < -0.4 is 10.4 Å². The molecule has 0 aliphatic heterocycles. The fourth-order valence-corrected chi connectivity index (χ4v) is 5.60. The highest BCUT2D eigenvalue weighted by atomic mass is 32.2. The molecule has 1 N–H and O–H groups in total. The predicted molar refractivity (Wildman–Crippen MR) is 134 cm³/mol. The molecule has 3 aromatic carbocycles. The minimum atomic E-state index is -4.08. The maximum atomic E-state index is 13.4. The first-order chi connectivity index (χ1) is 16.4. The van der Waals surface area contributed by atoms with Gasteiger partial charge in [-0.15, -0.1) is 5.10 Å². The second-order valence-electron chi connectivity index (χ2n) is 9.25. The molecule has 0 saturated carbocycles. The third kappa shape index (κ3) is 5.16. The van der Waals surface area contributed by atoms with E-state index < -0.39 is 19.9 Å². The van der Waals surface area contributed by atoms with Gasteiger partial charge in [0.05, 0.1) is 9.79 Å². The van der Waals surface area contributed by atoms with Crippen LogP contribution in [0.25, 0.3) is 11.0 Å². The highest BCUT2D eigenvalue weighted by Gasteiger charge is 2.23. The number of rotatable bonds is 5. The van der Waals surface area contributed by atoms with Gasteiger partial charge in [0.2, 0.25) is 9.84 Å². The second kappa shape index (κ2) is 8.98. The Balaban J connectivity index is 1.82. The Morgan fingerprint density at radius 1 is 0.800 bits per heavy atom. The summed E-state index contributed by atoms with van der Waals surface area (Å²) >= 11 is 0. The van der Waals surface area contributed by atoms with Crippen LogP contribution in [0, 0.1) is 6.92 Å². The Morgan fingerprint density at radius 2 is 1.40 bits per heavy atom. The molecule has 0 amide bonds. The normalized spacial score (nSPS) is 13.2. The van der Waals surface area contributed by atoms with Crippen molar-refractivity contribution in [3.8, 4) is 0 Å². The molecule has 4 aromatic rings. The van der Waals surface area contributed by atoms with E-state index >= 15 is 0 Å². The summed E-state index contributed by atoms with van der Waals surface area (Å²) in [5.74, 6) is 0. The molecule has 0 radical (unpaired) electrons. The molecule has 0 saturated heterocycles. The van der Waals surface area contributed by atoms with Crippen molar-refractivity contribution in [3.05, 3.63) is 95.5 Å². The summed E-state index contributed by atoms with van der Waals surface area (Å²) in [6, 6.07) is 21.1. The minimum Gasteiger partial charge on any atom is -0.436 e. The standard InChI is InChI=1S/C26H26N2O5S2/c1-18-9-13-21(14-10-18)34(29,30)24-17-19-7-5-6-8-23(19)33-25(24)27-28-35(31,32)22-15-11-20(12-16-22)26(2,3)4/h5-17,28H,1-4H3. The Kier molecular flexibility index (Phi) is 6.33. The fourth-order valence-electron chi connectivity index (χ4n) is 3.45. The summed E-state index contributed by atoms with van der Waals surface area (Å²) in [4.78, 5) is 1.93. The van der Waals surface area contributed by atoms with Gasteiger partial charge in [-0.2, -0.15) is 13.2 Å². The highest BCUT2D eigenvalue weighted by molar-refractivity contribution is 7.91. The van der Waals surface area contributed by atoms with Gasteiger partial charge in [0.25, 0.3) is 15.6 Å². The molecule has 7 nitrogen and oxygen atoms in total. The zero-order valence-electron chi connectivity index (χ0n) is 19.8. The maximum Gasteiger partial charge on any atom is 0.276 e. The molecular weight excluding hydrogens is 484 g/mol. The molecule has 0 bridgehead atoms. The van der Waals surface area contributed by atoms with E-state index in [1.54, 1.807) is 48.5 Å². The van der Waals surface area contributed by atoms with E-state index in [9.17, 15) is 16.8 Å². The third-order valence-corrected chi connectivity index (χ3v) is 8.53. The van der Waals surface area contributed by atoms with Crippen LogP contribution in [0.15, 0.2) is 103 Å². The first kappa shape index (κ1) is 24.7. The van der Waals surface area contributed by atoms with Crippen molar-refractivity contribution in [3.63, 3.8) is 0 Å². The van der Waals surface area contributed by atoms with E-state index in [1.807, 2.05) is 27.7 Å². The predicted octanol–water partition coefficient (Wildman–Crippen LogP) is 4.67. The summed E-state index contributed by atoms with van der Waals surface area (Å²) in [6.07, 6.45) is 0. The molecule has 0 spiro atoms. The Morgan fingerprint density at radius 3 is 2.03 bits per heavy atom. The number of nitrogens with one attached hydrogen (secondary N) is 1. The van der Waals surface area contributed by atoms with Gasteiger partial charge in [-0.05, 0) is 54.3 Å². The number of para-hydroxylation sites is 1. The first-order valence-corrected chi connectivity index (χ1v) is 13.9. The van der Waals surface area contributed by atoms with Crippen LogP contribution in [0.1, 0.15) is 31.9 Å². The van der Waals surface area contributed by atoms with Gasteiger partial charge in [-0.25, -0.2) is 8.42 Å². The summed E-state index contributed by atoms with van der Waals surface area (Å²) in [5, 5.41) is 4.44. The SMILES string of the molecule is Cc1ccc(S(=O)(=O)c2cc3ccccc3oc2=NNS(=O)(=O)c2ccc(C(C)(C)C)cc2)cc1. The van der Waals surface area contributed by atoms with Crippen LogP contribution in [0.2, 0.25) is 0 Å². The average Bonchev–Trinajstić information content (AvgIpc) is 2.82. The van der Waals surface area contributed by atoms with Gasteiger partial charge in [-0.1, -0.05) is 68.8 Å². The molecule has 182 valence electrons. The van der Waals surface area contributed by atoms with E-state index in [0.717, 1.165) is 11.1 Å². The van der Waals surface area contributed by atoms with Gasteiger partial charge < -0.3 is 4.42 Å². The smallest absolute Gasteiger partial charge is 0.276 e. The molecule has 35 heavy (non-hydrogen) atoms. The summed E-state index contributed by atoms with van der Waals surface area (Å²) < 4.78 is 58.4. The lowest BCUT2D eigenvalue weighted by Crippen LogP contribution is -2.25. The molecule has 0 atom stereocenters. The number of hydrogen-bond acceptors (Lipinski definition) is 6. The molecule has 4 rings (SSSR count). The second-order valence-corrected chi connectivity index (χ2v) is 12.8. The number of hydrogen-bond donors (Lipinski definition) is 1. The lowest BCUT2D eigenvalue weighted by molar-refractivity contribution is 0.501. The van der Waals surface area contributed by atoms with Crippen molar-refractivity contribution < 1.29 is 21.3 Å². The number of benzene rings is 3. The fraction of sp³-hybridized carbons (Fsp3) is 0.192. The molecule has 9 heteroatoms. The first-order valence-electron chi connectivity index (χ1n) is 10.9. The Hall–Kier alpha value is -3.43. The zero-order chi connectivity index (χ0) is 25.4. The topological polar surface area (TPSA) is 106 Å². The van der Waals surface area contributed by atoms with Crippen LogP contribution in [-0.2, 0) is 25.3 Å². The zero-order valence-corrected chi connectivity index (χ0v) is 21.4. The molecule has 1 heterocycles. The van der Waals surface area contributed by atoms with Gasteiger partial charge in [0.15, 0.2) is 0 Å². The third-order valence-electron chi connectivity index (χ3n) is 5.54. The minimum absolute atomic E-state index is 0.00187. The Bertz CT molecular complexity index is 1660. The number of sulfonamides is 1. The van der Waals surface area contributed by atoms with Crippen molar-refractivity contribution in [2.75, 3.05) is 0 Å². The van der Waals surface area contributed by atoms with Crippen molar-refractivity contribution in [2.45, 2.75) is 47.8 Å². The van der Waals surface area contributed by atoms with Gasteiger partial charge in [-0.3, -0.25) is 0 Å². The number of fused-ring (bicyclic) bond motifs is 1. The van der Waals surface area contributed by atoms with Crippen molar-refractivity contribution in [1.82, 2.24) is 4.83 Å². The average molecular weight is 511 g/mol. The van der Waals surface area contributed by atoms with E-state index in [-0.39, 0.29) is 25.7 Å². The summed E-state index contributed by atoms with van der Waals surface area (Å²) in [6.45, 7) is 7.94. The molecule has 1 aromatic heterocycles. The van der Waals surface area contributed by atoms with E-state index in [1.165, 1.54) is 30.3 Å². The van der Waals surface area contributed by atoms with Crippen molar-refractivity contribution in [2.24, 2.45) is 5.10 Å². The van der Waals surface area contributed by atoms with E-state index in [4.69, 9.17) is 4.42 Å². The Labute approximate surface area is 205 Å². The number of nitrogens with zero attached hydrogens (tertiary/aromatic N) is 1. The van der Waals surface area contributed by atoms with Crippen LogP contribution in [0.5, 0.6) is 0 Å². The van der Waals surface area contributed by atoms with Gasteiger partial charge in [0.1, 0.15) is 10.5 Å². The lowest BCUT2D eigenvalue weighted by atomic mass is 9.87. The maximum absolute atomic E-state index is 13.4. The molecule has 0 aliphatic carbocycles. The van der Waals surface area contributed by atoms with E-state index in [2.05, 4.69) is 9.93 Å². The monoisotopic (exact) mass is 510 g/mol. The lowest BCUT2D eigenvalue weighted by Gasteiger charge is -2.19. The molecule has 0 unspecified atom stereocenters. The highest BCUT2D eigenvalue weighted by Crippen LogP contribution is 2.24. The van der Waals surface area contributed by atoms with Crippen LogP contribution in [-0.4, -0.2) is 16.8 Å². The summed E-state index contributed by atoms with van der Waals surface area (Å²) in [7, 11) is -8.13. The van der Waals surface area contributed by atoms with Crippen LogP contribution in [0.4, 0.5) is 0 Å². The molecular formula is C26H26N2O5S2. The number of aryl methyl sites for hydroxylation is 1. The largest absolute Gasteiger partial charge is 0.436 e. The molecule has 0 aliphatic rings. The number of sulfone groups is 1. The van der Waals surface area contributed by atoms with E-state index in [0.29, 0.717) is 11.0 Å². The van der Waals surface area contributed by atoms with Gasteiger partial charge in [0, 0.05) is 5.39 Å². The summed E-state index contributed by atoms with van der Waals surface area (Å²) in [5.41, 5.74) is 1.75.